The van der Waals surface area contributed by atoms with Crippen molar-refractivity contribution in [1.82, 2.24) is 25.9 Å². The molecular formula is C15H20ClN7S. The van der Waals surface area contributed by atoms with Crippen molar-refractivity contribution in [3.05, 3.63) is 28.0 Å². The molecule has 0 saturated carbocycles. The number of thiazole rings is 1. The Bertz CT molecular complexity index is 819. The summed E-state index contributed by atoms with van der Waals surface area (Å²) < 4.78 is 9.00. The van der Waals surface area contributed by atoms with E-state index in [2.05, 4.69) is 43.2 Å². The van der Waals surface area contributed by atoms with Crippen LogP contribution in [0.25, 0.3) is 0 Å². The average Bonchev–Trinajstić information content (AvgIpc) is 3.22. The van der Waals surface area contributed by atoms with Gasteiger partial charge < -0.3 is 20.9 Å². The molecule has 5 N–H and O–H groups in total. The van der Waals surface area contributed by atoms with Gasteiger partial charge >= 0.3 is 0 Å². The quantitative estimate of drug-likeness (QED) is 0.576. The van der Waals surface area contributed by atoms with Crippen molar-refractivity contribution in [2.45, 2.75) is 38.5 Å². The summed E-state index contributed by atoms with van der Waals surface area (Å²) in [6.45, 7) is 4.90. The van der Waals surface area contributed by atoms with Crippen molar-refractivity contribution < 1.29 is 1.37 Å². The number of aromatic amines is 1. The molecule has 1 fully saturated rings. The molecule has 4 rings (SSSR count). The van der Waals surface area contributed by atoms with E-state index in [1.54, 1.807) is 12.4 Å². The lowest BCUT2D eigenvalue weighted by Gasteiger charge is -2.28. The molecule has 24 heavy (non-hydrogen) atoms. The van der Waals surface area contributed by atoms with Gasteiger partial charge in [-0.2, -0.15) is 4.99 Å². The fourth-order valence-electron chi connectivity index (χ4n) is 2.99. The van der Waals surface area contributed by atoms with E-state index in [0.717, 1.165) is 23.0 Å². The van der Waals surface area contributed by atoms with Crippen LogP contribution in [0.3, 0.4) is 0 Å². The molecular weight excluding hydrogens is 346 g/mol. The number of aryl methyl sites for hydroxylation is 1. The van der Waals surface area contributed by atoms with Crippen molar-refractivity contribution >= 4 is 39.7 Å². The van der Waals surface area contributed by atoms with Crippen molar-refractivity contribution in [2.24, 2.45) is 4.99 Å². The first-order valence-electron chi connectivity index (χ1n) is 8.38. The number of guanidine groups is 1. The van der Waals surface area contributed by atoms with Crippen LogP contribution in [0.15, 0.2) is 17.4 Å². The minimum absolute atomic E-state index is 0.170. The molecule has 0 amide bonds. The van der Waals surface area contributed by atoms with Crippen LogP contribution in [0.2, 0.25) is 5.02 Å². The van der Waals surface area contributed by atoms with Gasteiger partial charge in [-0.3, -0.25) is 5.32 Å². The average molecular weight is 367 g/mol. The zero-order valence-electron chi connectivity index (χ0n) is 14.4. The van der Waals surface area contributed by atoms with Crippen molar-refractivity contribution in [3.8, 4) is 0 Å². The van der Waals surface area contributed by atoms with Crippen LogP contribution in [-0.2, 0) is 0 Å². The maximum Gasteiger partial charge on any atom is 0.204 e. The molecule has 0 aromatic carbocycles. The number of aliphatic imine (C=N–C) groups is 1. The molecule has 2 aliphatic rings. The monoisotopic (exact) mass is 366 g/mol. The zero-order chi connectivity index (χ0) is 17.6. The van der Waals surface area contributed by atoms with E-state index in [0.29, 0.717) is 28.4 Å². The molecule has 2 aromatic rings. The van der Waals surface area contributed by atoms with Crippen molar-refractivity contribution in [1.29, 1.82) is 0 Å². The van der Waals surface area contributed by atoms with Crippen molar-refractivity contribution in [3.63, 3.8) is 0 Å². The first-order valence-corrected chi connectivity index (χ1v) is 9.07. The summed E-state index contributed by atoms with van der Waals surface area (Å²) in [6.07, 6.45) is 3.10. The fraction of sp³-hybridized carbons (Fsp3) is 0.467. The summed E-state index contributed by atoms with van der Waals surface area (Å²) in [5.41, 5.74) is 0.611. The van der Waals surface area contributed by atoms with E-state index in [4.69, 9.17) is 13.0 Å². The van der Waals surface area contributed by atoms with Gasteiger partial charge in [0.1, 0.15) is 17.0 Å². The number of aromatic nitrogens is 2. The first kappa shape index (κ1) is 14.7. The Balaban J connectivity index is 1.62. The van der Waals surface area contributed by atoms with Crippen LogP contribution < -0.4 is 21.3 Å². The highest BCUT2D eigenvalue weighted by atomic mass is 35.5. The number of hydrogen-bond donors (Lipinski definition) is 5. The van der Waals surface area contributed by atoms with Gasteiger partial charge in [-0.25, -0.2) is 4.98 Å². The van der Waals surface area contributed by atoms with Crippen LogP contribution in [0, 0.1) is 6.92 Å². The Hall–Kier alpha value is -1.61. The first-order chi connectivity index (χ1) is 11.9. The van der Waals surface area contributed by atoms with Gasteiger partial charge in [0.15, 0.2) is 0 Å². The van der Waals surface area contributed by atoms with Gasteiger partial charge in [0, 0.05) is 24.8 Å². The van der Waals surface area contributed by atoms with Crippen LogP contribution >= 0.6 is 22.9 Å². The van der Waals surface area contributed by atoms with E-state index in [1.807, 2.05) is 6.92 Å². The third-order valence-corrected chi connectivity index (χ3v) is 5.22. The van der Waals surface area contributed by atoms with E-state index >= 15 is 0 Å². The molecule has 0 radical (unpaired) electrons. The minimum atomic E-state index is -1.27. The Labute approximate surface area is 150 Å². The predicted octanol–water partition coefficient (Wildman–Crippen LogP) is 2.47. The lowest BCUT2D eigenvalue weighted by Crippen LogP contribution is -2.47. The largest absolute Gasteiger partial charge is 0.345 e. The van der Waals surface area contributed by atoms with Gasteiger partial charge in [0.2, 0.25) is 5.96 Å². The predicted molar refractivity (Wildman–Crippen MR) is 98.3 cm³/mol. The third-order valence-electron chi connectivity index (χ3n) is 4.09. The highest BCUT2D eigenvalue weighted by Gasteiger charge is 2.30. The number of halogens is 1. The number of nitrogens with one attached hydrogen (secondary N) is 5. The normalized spacial score (nSPS) is 29.6. The number of anilines is 1. The molecule has 0 spiro atoms. The second-order valence-electron chi connectivity index (χ2n) is 6.08. The summed E-state index contributed by atoms with van der Waals surface area (Å²) in [5.74, 6) is 1.06. The van der Waals surface area contributed by atoms with Gasteiger partial charge in [0.05, 0.1) is 23.2 Å². The standard InChI is InChI=1S/C15H20ClN7S/c1-7-3-9(4-17-7)20-14-12-10(16)5-19-13(12)22-15(23-14)21-11-6-18-8(2)24-11/h5-7,9,14,17,19-20H,3-4H2,1-2H3,(H2,21,22,23)/t7-,9+,14?/m0/s1/i14D. The van der Waals surface area contributed by atoms with Gasteiger partial charge in [-0.15, -0.1) is 11.3 Å². The summed E-state index contributed by atoms with van der Waals surface area (Å²) in [4.78, 5) is 11.8. The minimum Gasteiger partial charge on any atom is -0.345 e. The Morgan fingerprint density at radius 3 is 3.08 bits per heavy atom. The lowest BCUT2D eigenvalue weighted by atomic mass is 10.1. The van der Waals surface area contributed by atoms with E-state index < -0.39 is 6.14 Å². The zero-order valence-corrected chi connectivity index (χ0v) is 15.0. The SMILES string of the molecule is [2H]C1(N[C@H]2CN[C@@H](C)C2)NC(Nc2cnc(C)s2)=Nc2[nH]cc(Cl)c21. The number of fused-ring (bicyclic) bond motifs is 1. The number of nitrogens with zero attached hydrogens (tertiary/aromatic N) is 2. The van der Waals surface area contributed by atoms with Gasteiger partial charge in [0.25, 0.3) is 0 Å². The molecule has 1 saturated heterocycles. The Kier molecular flexibility index (Phi) is 3.90. The molecule has 0 bridgehead atoms. The Morgan fingerprint density at radius 2 is 2.38 bits per heavy atom. The second kappa shape index (κ2) is 6.36. The molecule has 3 atom stereocenters. The lowest BCUT2D eigenvalue weighted by molar-refractivity contribution is 0.428. The molecule has 7 nitrogen and oxygen atoms in total. The highest BCUT2D eigenvalue weighted by molar-refractivity contribution is 7.15. The topological polar surface area (TPSA) is 89.2 Å². The summed E-state index contributed by atoms with van der Waals surface area (Å²) in [5, 5.41) is 15.4. The van der Waals surface area contributed by atoms with E-state index in [-0.39, 0.29) is 6.04 Å². The van der Waals surface area contributed by atoms with Crippen LogP contribution in [0.1, 0.15) is 31.4 Å². The number of hydrogen-bond acceptors (Lipinski definition) is 7. The van der Waals surface area contributed by atoms with E-state index in [1.165, 1.54) is 11.3 Å². The number of rotatable bonds is 3. The molecule has 2 aliphatic heterocycles. The van der Waals surface area contributed by atoms with Crippen molar-refractivity contribution in [2.75, 3.05) is 11.9 Å². The van der Waals surface area contributed by atoms with Crippen LogP contribution in [0.4, 0.5) is 10.8 Å². The Morgan fingerprint density at radius 1 is 1.50 bits per heavy atom. The van der Waals surface area contributed by atoms with Crippen LogP contribution in [-0.4, -0.2) is 34.6 Å². The molecule has 2 aromatic heterocycles. The number of H-pyrrole nitrogens is 1. The van der Waals surface area contributed by atoms with Crippen LogP contribution in [0.5, 0.6) is 0 Å². The molecule has 128 valence electrons. The maximum absolute atomic E-state index is 9.00. The third kappa shape index (κ3) is 3.14. The fourth-order valence-corrected chi connectivity index (χ4v) is 3.91. The molecule has 0 aliphatic carbocycles. The van der Waals surface area contributed by atoms with Gasteiger partial charge in [-0.1, -0.05) is 11.6 Å². The maximum atomic E-state index is 9.00. The summed E-state index contributed by atoms with van der Waals surface area (Å²) in [6, 6.07) is 0.598. The van der Waals surface area contributed by atoms with E-state index in [9.17, 15) is 0 Å². The summed E-state index contributed by atoms with van der Waals surface area (Å²) in [7, 11) is 0. The highest BCUT2D eigenvalue weighted by Crippen LogP contribution is 2.34. The molecule has 1 unspecified atom stereocenters. The smallest absolute Gasteiger partial charge is 0.204 e. The molecule has 9 heteroatoms. The second-order valence-corrected chi connectivity index (χ2v) is 7.72. The summed E-state index contributed by atoms with van der Waals surface area (Å²) >= 11 is 7.85. The van der Waals surface area contributed by atoms with Gasteiger partial charge in [-0.05, 0) is 20.3 Å². The molecule has 4 heterocycles.